The van der Waals surface area contributed by atoms with Crippen molar-refractivity contribution in [2.75, 3.05) is 12.4 Å². The molecule has 7 heteroatoms. The second kappa shape index (κ2) is 8.25. The number of carbonyl (C=O) groups excluding carboxylic acids is 1. The SMILES string of the molecule is CO[C@@H]1C(=O)Nc2ccc(C=C[C@@]3(C)CC[C@H](C(C)(C)O)O3)c(O)c2[C@@]1(O)c1ccccc1. The number of methoxy groups -OCH3 is 1. The van der Waals surface area contributed by atoms with Crippen LogP contribution in [0.2, 0.25) is 0 Å². The number of anilines is 1. The highest BCUT2D eigenvalue weighted by Gasteiger charge is 2.51. The Bertz CT molecular complexity index is 1080. The van der Waals surface area contributed by atoms with Crippen molar-refractivity contribution in [3.63, 3.8) is 0 Å². The fourth-order valence-electron chi connectivity index (χ4n) is 4.76. The maximum Gasteiger partial charge on any atom is 0.257 e. The van der Waals surface area contributed by atoms with Gasteiger partial charge in [0.05, 0.1) is 28.6 Å². The molecule has 0 bridgehead atoms. The number of ether oxygens (including phenoxy) is 2. The summed E-state index contributed by atoms with van der Waals surface area (Å²) in [6.07, 6.45) is 3.50. The van der Waals surface area contributed by atoms with E-state index in [-0.39, 0.29) is 17.4 Å². The molecule has 2 aliphatic rings. The van der Waals surface area contributed by atoms with Gasteiger partial charge in [0.1, 0.15) is 5.75 Å². The fourth-order valence-corrected chi connectivity index (χ4v) is 4.76. The van der Waals surface area contributed by atoms with E-state index in [0.717, 1.165) is 12.8 Å². The van der Waals surface area contributed by atoms with E-state index < -0.39 is 28.8 Å². The first-order valence-electron chi connectivity index (χ1n) is 11.1. The molecular weight excluding hydrogens is 422 g/mol. The molecular formula is C26H31NO6. The van der Waals surface area contributed by atoms with E-state index >= 15 is 0 Å². The van der Waals surface area contributed by atoms with Gasteiger partial charge in [-0.25, -0.2) is 0 Å². The van der Waals surface area contributed by atoms with Gasteiger partial charge in [-0.2, -0.15) is 0 Å². The van der Waals surface area contributed by atoms with Gasteiger partial charge in [-0.15, -0.1) is 0 Å². The number of nitrogens with one attached hydrogen (secondary N) is 1. The Kier molecular flexibility index (Phi) is 5.87. The van der Waals surface area contributed by atoms with Crippen LogP contribution in [0, 0.1) is 0 Å². The van der Waals surface area contributed by atoms with E-state index in [0.29, 0.717) is 16.8 Å². The van der Waals surface area contributed by atoms with Crippen LogP contribution in [0.25, 0.3) is 6.08 Å². The molecule has 1 saturated heterocycles. The Morgan fingerprint density at radius 1 is 1.21 bits per heavy atom. The summed E-state index contributed by atoms with van der Waals surface area (Å²) in [5.74, 6) is -0.652. The standard InChI is InChI=1S/C26H31NO6/c1-24(2,30)19-13-15-25(3,33-19)14-12-16-10-11-18-20(21(16)28)26(31,17-8-6-5-7-9-17)22(32-4)23(29)27-18/h5-12,14,19,22,28,30-31H,13,15H2,1-4H3,(H,27,29)/t19-,22-,25+,26+/m1/s1. The smallest absolute Gasteiger partial charge is 0.257 e. The van der Waals surface area contributed by atoms with Crippen molar-refractivity contribution < 1.29 is 29.6 Å². The van der Waals surface area contributed by atoms with Crippen LogP contribution in [-0.2, 0) is 19.9 Å². The molecule has 4 N–H and O–H groups in total. The molecule has 0 unspecified atom stereocenters. The van der Waals surface area contributed by atoms with Gasteiger partial charge < -0.3 is 30.1 Å². The number of aromatic hydroxyl groups is 1. The lowest BCUT2D eigenvalue weighted by Gasteiger charge is -2.40. The summed E-state index contributed by atoms with van der Waals surface area (Å²) >= 11 is 0. The third-order valence-electron chi connectivity index (χ3n) is 6.63. The maximum absolute atomic E-state index is 12.7. The van der Waals surface area contributed by atoms with Crippen LogP contribution in [0.1, 0.15) is 50.3 Å². The highest BCUT2D eigenvalue weighted by atomic mass is 16.5. The van der Waals surface area contributed by atoms with Gasteiger partial charge in [0.25, 0.3) is 5.91 Å². The van der Waals surface area contributed by atoms with E-state index in [4.69, 9.17) is 9.47 Å². The van der Waals surface area contributed by atoms with Crippen LogP contribution < -0.4 is 5.32 Å². The quantitative estimate of drug-likeness (QED) is 0.553. The van der Waals surface area contributed by atoms with Crippen molar-refractivity contribution in [3.05, 3.63) is 65.2 Å². The lowest BCUT2D eigenvalue weighted by Crippen LogP contribution is -2.52. The topological polar surface area (TPSA) is 108 Å². The lowest BCUT2D eigenvalue weighted by molar-refractivity contribution is -0.142. The molecule has 7 nitrogen and oxygen atoms in total. The Morgan fingerprint density at radius 3 is 2.52 bits per heavy atom. The van der Waals surface area contributed by atoms with Gasteiger partial charge >= 0.3 is 0 Å². The number of carbonyl (C=O) groups is 1. The van der Waals surface area contributed by atoms with E-state index in [9.17, 15) is 20.1 Å². The summed E-state index contributed by atoms with van der Waals surface area (Å²) in [6.45, 7) is 5.40. The third kappa shape index (κ3) is 4.06. The van der Waals surface area contributed by atoms with Gasteiger partial charge in [-0.05, 0) is 51.3 Å². The highest BCUT2D eigenvalue weighted by Crippen LogP contribution is 2.48. The number of rotatable bonds is 5. The normalized spacial score (nSPS) is 29.8. The second-order valence-electron chi connectivity index (χ2n) is 9.61. The summed E-state index contributed by atoms with van der Waals surface area (Å²) in [6, 6.07) is 12.0. The molecule has 0 saturated carbocycles. The van der Waals surface area contributed by atoms with Crippen LogP contribution in [0.5, 0.6) is 5.75 Å². The van der Waals surface area contributed by atoms with Crippen LogP contribution in [0.3, 0.4) is 0 Å². The molecule has 4 atom stereocenters. The summed E-state index contributed by atoms with van der Waals surface area (Å²) in [5.41, 5.74) is -2.05. The number of phenolic OH excluding ortho intramolecular Hbond substituents is 1. The molecule has 176 valence electrons. The number of benzene rings is 2. The molecule has 1 fully saturated rings. The molecule has 2 aromatic rings. The number of phenols is 1. The zero-order chi connectivity index (χ0) is 24.0. The van der Waals surface area contributed by atoms with Crippen molar-refractivity contribution in [2.24, 2.45) is 0 Å². The number of aliphatic hydroxyl groups is 2. The van der Waals surface area contributed by atoms with Crippen LogP contribution in [-0.4, -0.2) is 51.7 Å². The Labute approximate surface area is 193 Å². The zero-order valence-corrected chi connectivity index (χ0v) is 19.3. The van der Waals surface area contributed by atoms with Crippen molar-refractivity contribution in [1.82, 2.24) is 0 Å². The van der Waals surface area contributed by atoms with E-state index in [1.54, 1.807) is 62.4 Å². The predicted octanol–water partition coefficient (Wildman–Crippen LogP) is 3.32. The zero-order valence-electron chi connectivity index (χ0n) is 19.3. The number of fused-ring (bicyclic) bond motifs is 1. The van der Waals surface area contributed by atoms with E-state index in [2.05, 4.69) is 5.32 Å². The molecule has 0 spiro atoms. The average molecular weight is 454 g/mol. The molecule has 33 heavy (non-hydrogen) atoms. The third-order valence-corrected chi connectivity index (χ3v) is 6.63. The molecule has 2 aromatic carbocycles. The molecule has 1 amide bonds. The van der Waals surface area contributed by atoms with Crippen LogP contribution >= 0.6 is 0 Å². The molecule has 2 heterocycles. The second-order valence-corrected chi connectivity index (χ2v) is 9.61. The first kappa shape index (κ1) is 23.4. The van der Waals surface area contributed by atoms with Gasteiger partial charge in [0, 0.05) is 12.7 Å². The van der Waals surface area contributed by atoms with Gasteiger partial charge in [-0.1, -0.05) is 42.5 Å². The van der Waals surface area contributed by atoms with E-state index in [1.807, 2.05) is 13.0 Å². The van der Waals surface area contributed by atoms with Gasteiger partial charge in [0.2, 0.25) is 0 Å². The van der Waals surface area contributed by atoms with Crippen molar-refractivity contribution in [3.8, 4) is 5.75 Å². The lowest BCUT2D eigenvalue weighted by atomic mass is 9.76. The first-order valence-corrected chi connectivity index (χ1v) is 11.1. The maximum atomic E-state index is 12.7. The summed E-state index contributed by atoms with van der Waals surface area (Å²) in [7, 11) is 1.35. The fraction of sp³-hybridized carbons (Fsp3) is 0.423. The van der Waals surface area contributed by atoms with Crippen LogP contribution in [0.15, 0.2) is 48.5 Å². The summed E-state index contributed by atoms with van der Waals surface area (Å²) < 4.78 is 11.5. The van der Waals surface area contributed by atoms with Crippen molar-refractivity contribution >= 4 is 17.7 Å². The Balaban J connectivity index is 1.76. The van der Waals surface area contributed by atoms with E-state index in [1.165, 1.54) is 7.11 Å². The molecule has 4 rings (SSSR count). The minimum absolute atomic E-state index is 0.155. The summed E-state index contributed by atoms with van der Waals surface area (Å²) in [5, 5.41) is 36.1. The largest absolute Gasteiger partial charge is 0.507 e. The van der Waals surface area contributed by atoms with Crippen molar-refractivity contribution in [2.45, 2.75) is 62.6 Å². The molecule has 0 radical (unpaired) electrons. The number of amides is 1. The number of hydrogen-bond donors (Lipinski definition) is 4. The van der Waals surface area contributed by atoms with Gasteiger partial charge in [0.15, 0.2) is 11.7 Å². The molecule has 0 aliphatic carbocycles. The Hall–Kier alpha value is -2.71. The highest BCUT2D eigenvalue weighted by molar-refractivity contribution is 6.00. The Morgan fingerprint density at radius 2 is 1.91 bits per heavy atom. The number of hydrogen-bond acceptors (Lipinski definition) is 6. The summed E-state index contributed by atoms with van der Waals surface area (Å²) in [4.78, 5) is 12.7. The molecule has 0 aromatic heterocycles. The average Bonchev–Trinajstić information content (AvgIpc) is 3.17. The predicted molar refractivity (Wildman–Crippen MR) is 125 cm³/mol. The minimum atomic E-state index is -1.89. The van der Waals surface area contributed by atoms with Crippen LogP contribution in [0.4, 0.5) is 5.69 Å². The van der Waals surface area contributed by atoms with Gasteiger partial charge in [-0.3, -0.25) is 4.79 Å². The minimum Gasteiger partial charge on any atom is -0.507 e. The van der Waals surface area contributed by atoms with Crippen molar-refractivity contribution in [1.29, 1.82) is 0 Å². The first-order chi connectivity index (χ1) is 15.5. The monoisotopic (exact) mass is 453 g/mol. The molecule has 2 aliphatic heterocycles.